The molecule has 1 aromatic rings. The molecule has 1 N–H and O–H groups in total. The van der Waals surface area contributed by atoms with Crippen molar-refractivity contribution in [2.75, 3.05) is 44.6 Å². The number of anilines is 1. The summed E-state index contributed by atoms with van der Waals surface area (Å²) < 4.78 is 12.9. The molecule has 150 valence electrons. The van der Waals surface area contributed by atoms with Crippen LogP contribution in [0.3, 0.4) is 0 Å². The molecule has 0 aliphatic carbocycles. The number of carbonyl (C=O) groups excluding carboxylic acids is 2. The number of carbonyl (C=O) groups is 2. The van der Waals surface area contributed by atoms with Gasteiger partial charge in [0.1, 0.15) is 5.82 Å². The van der Waals surface area contributed by atoms with Crippen LogP contribution in [0.2, 0.25) is 0 Å². The van der Waals surface area contributed by atoms with Gasteiger partial charge in [-0.3, -0.25) is 19.4 Å². The van der Waals surface area contributed by atoms with Gasteiger partial charge in [0.25, 0.3) is 0 Å². The van der Waals surface area contributed by atoms with Gasteiger partial charge in [-0.05, 0) is 52.0 Å². The minimum absolute atomic E-state index is 0.114. The van der Waals surface area contributed by atoms with E-state index in [1.54, 1.807) is 12.1 Å². The standard InChI is InChI=1S/C20H31FN4O2/c1-15(2)25(16(3)4)20(27)14-24-11-9-23(10-12-24)13-19(26)22-18-7-5-17(21)6-8-18/h5-8,15-16H,9-14H2,1-4H3,(H,22,26). The summed E-state index contributed by atoms with van der Waals surface area (Å²) in [5.74, 6) is -0.286. The molecule has 7 heteroatoms. The third-order valence-electron chi connectivity index (χ3n) is 4.72. The number of halogens is 1. The molecule has 0 saturated carbocycles. The predicted octanol–water partition coefficient (Wildman–Crippen LogP) is 2.03. The van der Waals surface area contributed by atoms with E-state index in [1.807, 2.05) is 32.6 Å². The average Bonchev–Trinajstić information content (AvgIpc) is 2.58. The summed E-state index contributed by atoms with van der Waals surface area (Å²) in [7, 11) is 0. The Kier molecular flexibility index (Phi) is 7.74. The zero-order valence-corrected chi connectivity index (χ0v) is 16.7. The largest absolute Gasteiger partial charge is 0.337 e. The van der Waals surface area contributed by atoms with Crippen molar-refractivity contribution in [3.63, 3.8) is 0 Å². The molecule has 0 unspecified atom stereocenters. The monoisotopic (exact) mass is 378 g/mol. The number of amides is 2. The zero-order chi connectivity index (χ0) is 20.0. The van der Waals surface area contributed by atoms with E-state index in [1.165, 1.54) is 12.1 Å². The van der Waals surface area contributed by atoms with Gasteiger partial charge in [0.05, 0.1) is 13.1 Å². The van der Waals surface area contributed by atoms with Crippen LogP contribution in [-0.4, -0.2) is 77.9 Å². The van der Waals surface area contributed by atoms with Crippen LogP contribution in [0.4, 0.5) is 10.1 Å². The molecule has 27 heavy (non-hydrogen) atoms. The Morgan fingerprint density at radius 1 is 0.963 bits per heavy atom. The number of hydrogen-bond acceptors (Lipinski definition) is 4. The maximum Gasteiger partial charge on any atom is 0.238 e. The van der Waals surface area contributed by atoms with Crippen molar-refractivity contribution in [1.82, 2.24) is 14.7 Å². The van der Waals surface area contributed by atoms with Crippen LogP contribution in [-0.2, 0) is 9.59 Å². The quantitative estimate of drug-likeness (QED) is 0.789. The van der Waals surface area contributed by atoms with E-state index in [0.717, 1.165) is 26.2 Å². The minimum atomic E-state index is -0.327. The lowest BCUT2D eigenvalue weighted by atomic mass is 10.2. The molecular weight excluding hydrogens is 347 g/mol. The summed E-state index contributed by atoms with van der Waals surface area (Å²) in [6.45, 7) is 11.9. The number of hydrogen-bond donors (Lipinski definition) is 1. The van der Waals surface area contributed by atoms with Crippen LogP contribution in [0.5, 0.6) is 0 Å². The second-order valence-electron chi connectivity index (χ2n) is 7.60. The van der Waals surface area contributed by atoms with E-state index in [-0.39, 0.29) is 29.7 Å². The molecule has 0 bridgehead atoms. The first-order valence-corrected chi connectivity index (χ1v) is 9.57. The van der Waals surface area contributed by atoms with Crippen LogP contribution in [0.25, 0.3) is 0 Å². The summed E-state index contributed by atoms with van der Waals surface area (Å²) in [5, 5.41) is 2.78. The smallest absolute Gasteiger partial charge is 0.238 e. The lowest BCUT2D eigenvalue weighted by Gasteiger charge is -2.37. The van der Waals surface area contributed by atoms with Crippen molar-refractivity contribution in [3.8, 4) is 0 Å². The Morgan fingerprint density at radius 2 is 1.44 bits per heavy atom. The van der Waals surface area contributed by atoms with Crippen LogP contribution in [0.15, 0.2) is 24.3 Å². The molecule has 1 aliphatic heterocycles. The predicted molar refractivity (Wildman–Crippen MR) is 105 cm³/mol. The zero-order valence-electron chi connectivity index (χ0n) is 16.7. The SMILES string of the molecule is CC(C)N(C(=O)CN1CCN(CC(=O)Nc2ccc(F)cc2)CC1)C(C)C. The molecule has 2 amide bonds. The minimum Gasteiger partial charge on any atom is -0.337 e. The van der Waals surface area contributed by atoms with Crippen molar-refractivity contribution in [3.05, 3.63) is 30.1 Å². The number of rotatable bonds is 7. The molecular formula is C20H31FN4O2. The van der Waals surface area contributed by atoms with Crippen LogP contribution in [0, 0.1) is 5.82 Å². The van der Waals surface area contributed by atoms with Gasteiger partial charge in [-0.1, -0.05) is 0 Å². The van der Waals surface area contributed by atoms with Gasteiger partial charge in [0.15, 0.2) is 0 Å². The number of nitrogens with one attached hydrogen (secondary N) is 1. The maximum absolute atomic E-state index is 12.9. The van der Waals surface area contributed by atoms with E-state index in [9.17, 15) is 14.0 Å². The molecule has 0 radical (unpaired) electrons. The fourth-order valence-corrected chi connectivity index (χ4v) is 3.49. The first-order chi connectivity index (χ1) is 12.8. The highest BCUT2D eigenvalue weighted by Crippen LogP contribution is 2.10. The Hall–Kier alpha value is -1.99. The first kappa shape index (κ1) is 21.3. The van der Waals surface area contributed by atoms with E-state index in [4.69, 9.17) is 0 Å². The van der Waals surface area contributed by atoms with E-state index < -0.39 is 0 Å². The Labute approximate surface area is 161 Å². The fraction of sp³-hybridized carbons (Fsp3) is 0.600. The molecule has 0 aromatic heterocycles. The third-order valence-corrected chi connectivity index (χ3v) is 4.72. The second kappa shape index (κ2) is 9.80. The summed E-state index contributed by atoms with van der Waals surface area (Å²) >= 11 is 0. The van der Waals surface area contributed by atoms with E-state index >= 15 is 0 Å². The molecule has 0 atom stereocenters. The Bertz CT molecular complexity index is 617. The lowest BCUT2D eigenvalue weighted by molar-refractivity contribution is -0.136. The summed E-state index contributed by atoms with van der Waals surface area (Å²) in [4.78, 5) is 30.8. The van der Waals surface area contributed by atoms with Gasteiger partial charge in [-0.2, -0.15) is 0 Å². The van der Waals surface area contributed by atoms with Crippen molar-refractivity contribution in [2.45, 2.75) is 39.8 Å². The lowest BCUT2D eigenvalue weighted by Crippen LogP contribution is -2.53. The normalized spacial score (nSPS) is 16.0. The molecule has 0 spiro atoms. The van der Waals surface area contributed by atoms with Gasteiger partial charge in [0, 0.05) is 44.0 Å². The van der Waals surface area contributed by atoms with Gasteiger partial charge in [-0.15, -0.1) is 0 Å². The van der Waals surface area contributed by atoms with Crippen molar-refractivity contribution in [1.29, 1.82) is 0 Å². The third kappa shape index (κ3) is 6.59. The van der Waals surface area contributed by atoms with Gasteiger partial charge < -0.3 is 10.2 Å². The van der Waals surface area contributed by atoms with Gasteiger partial charge in [-0.25, -0.2) is 4.39 Å². The van der Waals surface area contributed by atoms with Crippen molar-refractivity contribution >= 4 is 17.5 Å². The average molecular weight is 378 g/mol. The van der Waals surface area contributed by atoms with Crippen LogP contribution >= 0.6 is 0 Å². The number of nitrogens with zero attached hydrogens (tertiary/aromatic N) is 3. The second-order valence-corrected chi connectivity index (χ2v) is 7.60. The van der Waals surface area contributed by atoms with Gasteiger partial charge in [0.2, 0.25) is 11.8 Å². The Morgan fingerprint density at radius 3 is 1.93 bits per heavy atom. The number of piperazine rings is 1. The summed E-state index contributed by atoms with van der Waals surface area (Å²) in [6, 6.07) is 6.12. The maximum atomic E-state index is 12.9. The van der Waals surface area contributed by atoms with Crippen LogP contribution in [0.1, 0.15) is 27.7 Å². The highest BCUT2D eigenvalue weighted by Gasteiger charge is 2.25. The highest BCUT2D eigenvalue weighted by molar-refractivity contribution is 5.92. The van der Waals surface area contributed by atoms with Crippen LogP contribution < -0.4 is 5.32 Å². The summed E-state index contributed by atoms with van der Waals surface area (Å²) in [5.41, 5.74) is 0.591. The molecule has 2 rings (SSSR count). The molecule has 1 aromatic carbocycles. The molecule has 1 heterocycles. The molecule has 1 fully saturated rings. The van der Waals surface area contributed by atoms with E-state index in [0.29, 0.717) is 18.8 Å². The molecule has 1 aliphatic rings. The topological polar surface area (TPSA) is 55.9 Å². The fourth-order valence-electron chi connectivity index (χ4n) is 3.49. The van der Waals surface area contributed by atoms with Crippen molar-refractivity contribution < 1.29 is 14.0 Å². The van der Waals surface area contributed by atoms with E-state index in [2.05, 4.69) is 15.1 Å². The Balaban J connectivity index is 1.75. The van der Waals surface area contributed by atoms with Gasteiger partial charge >= 0.3 is 0 Å². The molecule has 1 saturated heterocycles. The molecule has 6 nitrogen and oxygen atoms in total. The highest BCUT2D eigenvalue weighted by atomic mass is 19.1. The number of benzene rings is 1. The first-order valence-electron chi connectivity index (χ1n) is 9.57. The summed E-state index contributed by atoms with van der Waals surface area (Å²) in [6.07, 6.45) is 0. The van der Waals surface area contributed by atoms with Crippen molar-refractivity contribution in [2.24, 2.45) is 0 Å².